The number of rotatable bonds is 3. The molecule has 0 radical (unpaired) electrons. The summed E-state index contributed by atoms with van der Waals surface area (Å²) in [5, 5.41) is 0. The van der Waals surface area contributed by atoms with Crippen LogP contribution in [0.2, 0.25) is 0 Å². The second kappa shape index (κ2) is 4.68. The Kier molecular flexibility index (Phi) is 3.75. The van der Waals surface area contributed by atoms with Gasteiger partial charge in [-0.25, -0.2) is 0 Å². The topological polar surface area (TPSA) is 26.3 Å². The predicted octanol–water partition coefficient (Wildman–Crippen LogP) is 4.28. The van der Waals surface area contributed by atoms with E-state index in [2.05, 4.69) is 41.5 Å². The summed E-state index contributed by atoms with van der Waals surface area (Å²) in [4.78, 5) is 12.0. The van der Waals surface area contributed by atoms with E-state index in [1.165, 1.54) is 12.8 Å². The first kappa shape index (κ1) is 15.2. The molecule has 2 nitrogen and oxygen atoms in total. The number of ether oxygens (including phenoxy) is 1. The van der Waals surface area contributed by atoms with Crippen LogP contribution in [0.1, 0.15) is 60.8 Å². The van der Waals surface area contributed by atoms with E-state index in [9.17, 15) is 4.79 Å². The fraction of sp³-hybridized carbons (Fsp3) is 0.938. The fourth-order valence-electron chi connectivity index (χ4n) is 3.78. The van der Waals surface area contributed by atoms with Crippen molar-refractivity contribution in [3.63, 3.8) is 0 Å². The molecule has 2 fully saturated rings. The maximum absolute atomic E-state index is 12.0. The third-order valence-corrected chi connectivity index (χ3v) is 6.86. The summed E-state index contributed by atoms with van der Waals surface area (Å²) >= 11 is 1.67. The molecule has 3 unspecified atom stereocenters. The van der Waals surface area contributed by atoms with Gasteiger partial charge >= 0.3 is 5.97 Å². The van der Waals surface area contributed by atoms with Crippen molar-refractivity contribution < 1.29 is 9.53 Å². The fourth-order valence-corrected chi connectivity index (χ4v) is 4.40. The molecule has 0 spiro atoms. The molecule has 3 atom stereocenters. The minimum Gasteiger partial charge on any atom is -0.461 e. The molecule has 2 bridgehead atoms. The molecule has 0 aromatic carbocycles. The lowest BCUT2D eigenvalue weighted by Gasteiger charge is -2.38. The summed E-state index contributed by atoms with van der Waals surface area (Å²) in [7, 11) is 0. The van der Waals surface area contributed by atoms with E-state index in [4.69, 9.17) is 4.74 Å². The van der Waals surface area contributed by atoms with E-state index >= 15 is 0 Å². The van der Waals surface area contributed by atoms with Crippen molar-refractivity contribution in [1.29, 1.82) is 0 Å². The van der Waals surface area contributed by atoms with Gasteiger partial charge in [-0.2, -0.15) is 0 Å². The molecule has 0 N–H and O–H groups in total. The summed E-state index contributed by atoms with van der Waals surface area (Å²) in [5.41, 5.74) is 0.495. The van der Waals surface area contributed by atoms with Crippen LogP contribution in [0, 0.1) is 16.7 Å². The molecule has 0 aromatic rings. The Labute approximate surface area is 122 Å². The molecule has 0 amide bonds. The SMILES string of the molecule is CC(C)(C)SCC(=O)OC1CC2CCC1(C)C2(C)C. The number of hydrogen-bond donors (Lipinski definition) is 0. The Balaban J connectivity index is 1.93. The zero-order chi connectivity index (χ0) is 14.5. The molecule has 0 aliphatic heterocycles. The lowest BCUT2D eigenvalue weighted by molar-refractivity contribution is -0.153. The third kappa shape index (κ3) is 2.68. The van der Waals surface area contributed by atoms with Gasteiger partial charge in [0, 0.05) is 10.2 Å². The highest BCUT2D eigenvalue weighted by molar-refractivity contribution is 8.01. The van der Waals surface area contributed by atoms with E-state index in [1.807, 2.05) is 0 Å². The Bertz CT molecular complexity index is 369. The average Bonchev–Trinajstić information content (AvgIpc) is 2.58. The maximum atomic E-state index is 12.0. The summed E-state index contributed by atoms with van der Waals surface area (Å²) < 4.78 is 5.94. The number of fused-ring (bicyclic) bond motifs is 2. The zero-order valence-corrected chi connectivity index (χ0v) is 14.0. The van der Waals surface area contributed by atoms with Crippen molar-refractivity contribution in [3.05, 3.63) is 0 Å². The van der Waals surface area contributed by atoms with Gasteiger partial charge in [0.05, 0.1) is 5.75 Å². The number of carbonyl (C=O) groups excluding carboxylic acids is 1. The zero-order valence-electron chi connectivity index (χ0n) is 13.2. The second-order valence-corrected chi connectivity index (χ2v) is 9.79. The number of hydrogen-bond acceptors (Lipinski definition) is 3. The van der Waals surface area contributed by atoms with E-state index in [0.717, 1.165) is 12.3 Å². The largest absolute Gasteiger partial charge is 0.461 e. The molecular formula is C16H28O2S. The van der Waals surface area contributed by atoms with Gasteiger partial charge in [0.15, 0.2) is 0 Å². The van der Waals surface area contributed by atoms with Crippen LogP contribution < -0.4 is 0 Å². The van der Waals surface area contributed by atoms with Crippen LogP contribution in [-0.4, -0.2) is 22.6 Å². The van der Waals surface area contributed by atoms with Crippen molar-refractivity contribution in [1.82, 2.24) is 0 Å². The molecule has 0 aromatic heterocycles. The van der Waals surface area contributed by atoms with E-state index in [1.54, 1.807) is 11.8 Å². The predicted molar refractivity (Wildman–Crippen MR) is 81.3 cm³/mol. The first-order valence-corrected chi connectivity index (χ1v) is 8.38. The van der Waals surface area contributed by atoms with Gasteiger partial charge in [0.1, 0.15) is 6.10 Å². The number of thioether (sulfide) groups is 1. The van der Waals surface area contributed by atoms with Gasteiger partial charge in [0.2, 0.25) is 0 Å². The maximum Gasteiger partial charge on any atom is 0.316 e. The molecule has 0 saturated heterocycles. The van der Waals surface area contributed by atoms with Crippen molar-refractivity contribution in [3.8, 4) is 0 Å². The molecule has 2 saturated carbocycles. The molecule has 110 valence electrons. The number of carbonyl (C=O) groups is 1. The molecule has 3 heteroatoms. The highest BCUT2D eigenvalue weighted by Crippen LogP contribution is 2.66. The van der Waals surface area contributed by atoms with E-state index in [0.29, 0.717) is 11.2 Å². The van der Waals surface area contributed by atoms with Crippen LogP contribution in [-0.2, 0) is 9.53 Å². The van der Waals surface area contributed by atoms with Crippen molar-refractivity contribution in [2.24, 2.45) is 16.7 Å². The van der Waals surface area contributed by atoms with Crippen LogP contribution in [0.5, 0.6) is 0 Å². The minimum atomic E-state index is -0.0329. The van der Waals surface area contributed by atoms with E-state index in [-0.39, 0.29) is 22.2 Å². The summed E-state index contributed by atoms with van der Waals surface area (Å²) in [6, 6.07) is 0. The molecule has 2 aliphatic carbocycles. The first-order valence-electron chi connectivity index (χ1n) is 7.40. The minimum absolute atomic E-state index is 0.0329. The molecule has 2 rings (SSSR count). The Morgan fingerprint density at radius 3 is 2.37 bits per heavy atom. The Morgan fingerprint density at radius 1 is 1.32 bits per heavy atom. The van der Waals surface area contributed by atoms with Gasteiger partial charge in [-0.15, -0.1) is 11.8 Å². The summed E-state index contributed by atoms with van der Waals surface area (Å²) in [5.74, 6) is 1.17. The highest BCUT2D eigenvalue weighted by Gasteiger charge is 2.62. The van der Waals surface area contributed by atoms with Crippen LogP contribution in [0.4, 0.5) is 0 Å². The smallest absolute Gasteiger partial charge is 0.316 e. The Hall–Kier alpha value is -0.180. The molecular weight excluding hydrogens is 256 g/mol. The van der Waals surface area contributed by atoms with Gasteiger partial charge in [-0.05, 0) is 30.6 Å². The normalized spacial score (nSPS) is 36.5. The quantitative estimate of drug-likeness (QED) is 0.724. The Morgan fingerprint density at radius 2 is 1.95 bits per heavy atom. The highest BCUT2D eigenvalue weighted by atomic mass is 32.2. The van der Waals surface area contributed by atoms with E-state index < -0.39 is 0 Å². The lowest BCUT2D eigenvalue weighted by atomic mass is 9.70. The standard InChI is InChI=1S/C16H28O2S/c1-14(2,3)19-10-13(17)18-12-9-11-7-8-16(12,6)15(11,4)5/h11-12H,7-10H2,1-6H3. The number of esters is 1. The van der Waals surface area contributed by atoms with Gasteiger partial charge in [-0.1, -0.05) is 41.5 Å². The van der Waals surface area contributed by atoms with Crippen LogP contribution in [0.25, 0.3) is 0 Å². The average molecular weight is 284 g/mol. The van der Waals surface area contributed by atoms with Crippen LogP contribution >= 0.6 is 11.8 Å². The van der Waals surface area contributed by atoms with Gasteiger partial charge in [0.25, 0.3) is 0 Å². The molecule has 19 heavy (non-hydrogen) atoms. The van der Waals surface area contributed by atoms with Crippen molar-refractivity contribution >= 4 is 17.7 Å². The summed E-state index contributed by atoms with van der Waals surface area (Å²) in [6.45, 7) is 13.4. The van der Waals surface area contributed by atoms with Gasteiger partial charge in [-0.3, -0.25) is 4.79 Å². The van der Waals surface area contributed by atoms with Crippen LogP contribution in [0.15, 0.2) is 0 Å². The summed E-state index contributed by atoms with van der Waals surface area (Å²) in [6.07, 6.45) is 3.70. The second-order valence-electron chi connectivity index (χ2n) is 7.99. The van der Waals surface area contributed by atoms with Crippen molar-refractivity contribution in [2.45, 2.75) is 71.7 Å². The lowest BCUT2D eigenvalue weighted by Crippen LogP contribution is -2.38. The third-order valence-electron chi connectivity index (χ3n) is 5.61. The monoisotopic (exact) mass is 284 g/mol. The molecule has 2 aliphatic rings. The molecule has 0 heterocycles. The van der Waals surface area contributed by atoms with Crippen LogP contribution in [0.3, 0.4) is 0 Å². The van der Waals surface area contributed by atoms with Crippen molar-refractivity contribution in [2.75, 3.05) is 5.75 Å². The van der Waals surface area contributed by atoms with Gasteiger partial charge < -0.3 is 4.74 Å². The first-order chi connectivity index (χ1) is 8.56.